The summed E-state index contributed by atoms with van der Waals surface area (Å²) in [5, 5.41) is 19.1. The van der Waals surface area contributed by atoms with Crippen molar-refractivity contribution in [3.8, 4) is 5.75 Å². The zero-order valence-corrected chi connectivity index (χ0v) is 12.0. The van der Waals surface area contributed by atoms with Gasteiger partial charge in [0.1, 0.15) is 6.54 Å². The molecule has 0 unspecified atom stereocenters. The van der Waals surface area contributed by atoms with Crippen LogP contribution < -0.4 is 4.74 Å². The van der Waals surface area contributed by atoms with Crippen molar-refractivity contribution in [1.29, 1.82) is 0 Å². The Morgan fingerprint density at radius 3 is 2.82 bits per heavy atom. The van der Waals surface area contributed by atoms with Crippen LogP contribution in [-0.2, 0) is 13.0 Å². The average Bonchev–Trinajstić information content (AvgIpc) is 3.09. The lowest BCUT2D eigenvalue weighted by molar-refractivity contribution is 0.386. The molecule has 0 N–H and O–H groups in total. The van der Waals surface area contributed by atoms with E-state index in [4.69, 9.17) is 9.15 Å². The van der Waals surface area contributed by atoms with Crippen molar-refractivity contribution in [3.05, 3.63) is 47.2 Å². The van der Waals surface area contributed by atoms with Crippen LogP contribution in [0.1, 0.15) is 23.2 Å². The SMILES string of the molecule is COc1ccc(Cc2nnnn2Cc2nnc(C)o2)cc1F. The molecule has 0 atom stereocenters. The van der Waals surface area contributed by atoms with Crippen molar-refractivity contribution in [3.63, 3.8) is 0 Å². The highest BCUT2D eigenvalue weighted by atomic mass is 19.1. The Morgan fingerprint density at radius 1 is 1.27 bits per heavy atom. The molecule has 0 aliphatic rings. The first kappa shape index (κ1) is 14.1. The minimum atomic E-state index is -0.424. The van der Waals surface area contributed by atoms with E-state index in [0.29, 0.717) is 24.0 Å². The lowest BCUT2D eigenvalue weighted by Crippen LogP contribution is -2.08. The molecule has 0 aliphatic heterocycles. The Kier molecular flexibility index (Phi) is 3.77. The van der Waals surface area contributed by atoms with Gasteiger partial charge in [0.05, 0.1) is 7.11 Å². The number of hydrogen-bond donors (Lipinski definition) is 0. The normalized spacial score (nSPS) is 10.9. The van der Waals surface area contributed by atoms with Gasteiger partial charge in [-0.05, 0) is 28.1 Å². The van der Waals surface area contributed by atoms with Crippen molar-refractivity contribution in [2.45, 2.75) is 19.9 Å². The molecule has 0 amide bonds. The van der Waals surface area contributed by atoms with Crippen LogP contribution in [0, 0.1) is 12.7 Å². The molecule has 0 aliphatic carbocycles. The van der Waals surface area contributed by atoms with Gasteiger partial charge in [0.15, 0.2) is 17.4 Å². The fourth-order valence-corrected chi connectivity index (χ4v) is 2.00. The summed E-state index contributed by atoms with van der Waals surface area (Å²) in [7, 11) is 1.42. The molecule has 0 bridgehead atoms. The summed E-state index contributed by atoms with van der Waals surface area (Å²) in [6.45, 7) is 1.97. The number of aryl methyl sites for hydroxylation is 1. The number of halogens is 1. The zero-order valence-electron chi connectivity index (χ0n) is 12.0. The van der Waals surface area contributed by atoms with Gasteiger partial charge in [0.25, 0.3) is 0 Å². The van der Waals surface area contributed by atoms with E-state index in [1.807, 2.05) is 0 Å². The summed E-state index contributed by atoms with van der Waals surface area (Å²) in [5.41, 5.74) is 0.732. The zero-order chi connectivity index (χ0) is 15.5. The highest BCUT2D eigenvalue weighted by molar-refractivity contribution is 5.30. The highest BCUT2D eigenvalue weighted by Crippen LogP contribution is 2.19. The number of tetrazole rings is 1. The summed E-state index contributed by atoms with van der Waals surface area (Å²) in [4.78, 5) is 0. The molecular formula is C13H13FN6O2. The van der Waals surface area contributed by atoms with Crippen LogP contribution in [0.25, 0.3) is 0 Å². The van der Waals surface area contributed by atoms with Gasteiger partial charge in [0.2, 0.25) is 11.8 Å². The van der Waals surface area contributed by atoms with Crippen molar-refractivity contribution in [1.82, 2.24) is 30.4 Å². The molecule has 0 radical (unpaired) electrons. The molecule has 2 heterocycles. The van der Waals surface area contributed by atoms with Crippen LogP contribution in [0.15, 0.2) is 22.6 Å². The van der Waals surface area contributed by atoms with Crippen LogP contribution in [-0.4, -0.2) is 37.5 Å². The van der Waals surface area contributed by atoms with Crippen LogP contribution in [0.5, 0.6) is 5.75 Å². The number of ether oxygens (including phenoxy) is 1. The minimum absolute atomic E-state index is 0.199. The van der Waals surface area contributed by atoms with E-state index in [0.717, 1.165) is 5.56 Å². The Hall–Kier alpha value is -2.84. The molecule has 3 aromatic rings. The van der Waals surface area contributed by atoms with Crippen molar-refractivity contribution in [2.75, 3.05) is 7.11 Å². The Balaban J connectivity index is 1.78. The first-order valence-electron chi connectivity index (χ1n) is 6.52. The second-order valence-electron chi connectivity index (χ2n) is 4.61. The third-order valence-electron chi connectivity index (χ3n) is 3.04. The summed E-state index contributed by atoms with van der Waals surface area (Å²) < 4.78 is 25.4. The van der Waals surface area contributed by atoms with Gasteiger partial charge >= 0.3 is 0 Å². The molecular weight excluding hydrogens is 291 g/mol. The molecule has 0 saturated heterocycles. The lowest BCUT2D eigenvalue weighted by atomic mass is 10.1. The Bertz CT molecular complexity index is 784. The summed E-state index contributed by atoms with van der Waals surface area (Å²) in [6.07, 6.45) is 0.376. The van der Waals surface area contributed by atoms with E-state index in [9.17, 15) is 4.39 Å². The number of benzene rings is 1. The molecule has 114 valence electrons. The van der Waals surface area contributed by atoms with E-state index < -0.39 is 5.82 Å². The van der Waals surface area contributed by atoms with E-state index in [2.05, 4.69) is 25.7 Å². The molecule has 0 spiro atoms. The van der Waals surface area contributed by atoms with Gasteiger partial charge in [-0.25, -0.2) is 9.07 Å². The molecule has 22 heavy (non-hydrogen) atoms. The van der Waals surface area contributed by atoms with Gasteiger partial charge in [-0.15, -0.1) is 15.3 Å². The van der Waals surface area contributed by atoms with E-state index in [-0.39, 0.29) is 12.3 Å². The van der Waals surface area contributed by atoms with Crippen molar-refractivity contribution >= 4 is 0 Å². The van der Waals surface area contributed by atoms with E-state index in [1.54, 1.807) is 19.1 Å². The third-order valence-corrected chi connectivity index (χ3v) is 3.04. The van der Waals surface area contributed by atoms with Gasteiger partial charge in [0, 0.05) is 13.3 Å². The van der Waals surface area contributed by atoms with E-state index in [1.165, 1.54) is 17.9 Å². The maximum atomic E-state index is 13.7. The number of nitrogens with zero attached hydrogens (tertiary/aromatic N) is 6. The van der Waals surface area contributed by atoms with Crippen LogP contribution in [0.3, 0.4) is 0 Å². The summed E-state index contributed by atoms with van der Waals surface area (Å²) >= 11 is 0. The number of rotatable bonds is 5. The predicted molar refractivity (Wildman–Crippen MR) is 71.7 cm³/mol. The number of aromatic nitrogens is 6. The molecule has 2 aromatic heterocycles. The maximum Gasteiger partial charge on any atom is 0.238 e. The summed E-state index contributed by atoms with van der Waals surface area (Å²) in [5.74, 6) is 1.23. The van der Waals surface area contributed by atoms with Gasteiger partial charge in [-0.2, -0.15) is 0 Å². The topological polar surface area (TPSA) is 91.8 Å². The van der Waals surface area contributed by atoms with E-state index >= 15 is 0 Å². The second kappa shape index (κ2) is 5.88. The van der Waals surface area contributed by atoms with Gasteiger partial charge in [-0.1, -0.05) is 6.07 Å². The maximum absolute atomic E-state index is 13.7. The van der Waals surface area contributed by atoms with Crippen molar-refractivity contribution in [2.24, 2.45) is 0 Å². The molecule has 9 heteroatoms. The third kappa shape index (κ3) is 2.92. The van der Waals surface area contributed by atoms with Crippen LogP contribution in [0.2, 0.25) is 0 Å². The lowest BCUT2D eigenvalue weighted by Gasteiger charge is -2.05. The number of methoxy groups -OCH3 is 1. The molecule has 3 rings (SSSR count). The Labute approximate surface area is 124 Å². The molecule has 8 nitrogen and oxygen atoms in total. The first-order valence-corrected chi connectivity index (χ1v) is 6.52. The standard InChI is InChI=1S/C13H13FN6O2/c1-8-15-17-13(22-8)7-20-12(16-18-19-20)6-9-3-4-11(21-2)10(14)5-9/h3-5H,6-7H2,1-2H3. The number of hydrogen-bond acceptors (Lipinski definition) is 7. The smallest absolute Gasteiger partial charge is 0.238 e. The fraction of sp³-hybridized carbons (Fsp3) is 0.308. The Morgan fingerprint density at radius 2 is 2.14 bits per heavy atom. The quantitative estimate of drug-likeness (QED) is 0.698. The first-order chi connectivity index (χ1) is 10.7. The molecule has 0 saturated carbocycles. The second-order valence-corrected chi connectivity index (χ2v) is 4.61. The fourth-order valence-electron chi connectivity index (χ4n) is 2.00. The summed E-state index contributed by atoms with van der Waals surface area (Å²) in [6, 6.07) is 4.73. The highest BCUT2D eigenvalue weighted by Gasteiger charge is 2.12. The van der Waals surface area contributed by atoms with Crippen LogP contribution in [0.4, 0.5) is 4.39 Å². The van der Waals surface area contributed by atoms with Gasteiger partial charge < -0.3 is 9.15 Å². The minimum Gasteiger partial charge on any atom is -0.494 e. The van der Waals surface area contributed by atoms with Crippen molar-refractivity contribution < 1.29 is 13.5 Å². The average molecular weight is 304 g/mol. The molecule has 1 aromatic carbocycles. The monoisotopic (exact) mass is 304 g/mol. The molecule has 0 fully saturated rings. The van der Waals surface area contributed by atoms with Gasteiger partial charge in [-0.3, -0.25) is 0 Å². The van der Waals surface area contributed by atoms with Crippen LogP contribution >= 0.6 is 0 Å². The largest absolute Gasteiger partial charge is 0.494 e. The predicted octanol–water partition coefficient (Wildman–Crippen LogP) is 1.15.